The van der Waals surface area contributed by atoms with Gasteiger partial charge in [0.2, 0.25) is 5.91 Å². The van der Waals surface area contributed by atoms with E-state index in [1.165, 1.54) is 6.07 Å². The molecule has 41 heavy (non-hydrogen) atoms. The van der Waals surface area contributed by atoms with Crippen molar-refractivity contribution in [3.8, 4) is 11.5 Å². The van der Waals surface area contributed by atoms with Gasteiger partial charge in [-0.1, -0.05) is 50.2 Å². The summed E-state index contributed by atoms with van der Waals surface area (Å²) < 4.78 is 26.5. The summed E-state index contributed by atoms with van der Waals surface area (Å²) in [5.41, 5.74) is 3.50. The molecule has 0 saturated carbocycles. The monoisotopic (exact) mass is 555 g/mol. The van der Waals surface area contributed by atoms with E-state index in [1.807, 2.05) is 47.4 Å². The van der Waals surface area contributed by atoms with Crippen molar-refractivity contribution in [2.24, 2.45) is 5.41 Å². The fraction of sp³-hybridized carbons (Fsp3) is 0.333. The number of carbonyl (C=O) groups excluding carboxylic acids is 2. The number of halogens is 1. The Hall–Kier alpha value is -4.17. The van der Waals surface area contributed by atoms with E-state index in [9.17, 15) is 9.59 Å². The van der Waals surface area contributed by atoms with Crippen LogP contribution in [0.25, 0.3) is 0 Å². The van der Waals surface area contributed by atoms with Crippen LogP contribution < -0.4 is 15.0 Å². The fourth-order valence-corrected chi connectivity index (χ4v) is 6.02. The van der Waals surface area contributed by atoms with Crippen LogP contribution in [-0.2, 0) is 14.3 Å². The number of anilines is 2. The first-order chi connectivity index (χ1) is 19.8. The zero-order valence-corrected chi connectivity index (χ0v) is 23.4. The number of nitrogens with one attached hydrogen (secondary N) is 1. The smallest absolute Gasteiger partial charge is 0.242 e. The highest BCUT2D eigenvalue weighted by atomic mass is 19.1. The summed E-state index contributed by atoms with van der Waals surface area (Å²) >= 11 is 0. The van der Waals surface area contributed by atoms with Crippen LogP contribution in [0, 0.1) is 11.2 Å². The molecule has 2 heterocycles. The minimum Gasteiger partial charge on any atom is -0.454 e. The van der Waals surface area contributed by atoms with Crippen LogP contribution in [-0.4, -0.2) is 49.4 Å². The molecule has 7 nitrogen and oxygen atoms in total. The number of allylic oxidation sites excluding steroid dienone is 1. The number of hydrogen-bond acceptors (Lipinski definition) is 6. The maximum absolute atomic E-state index is 15.1. The number of nitrogens with zero attached hydrogens (tertiary/aromatic N) is 2. The predicted molar refractivity (Wildman–Crippen MR) is 156 cm³/mol. The van der Waals surface area contributed by atoms with E-state index in [2.05, 4.69) is 19.2 Å². The number of ether oxygens (including phenoxy) is 2. The minimum atomic E-state index is -0.631. The first-order valence-corrected chi connectivity index (χ1v) is 14.1. The van der Waals surface area contributed by atoms with E-state index in [-0.39, 0.29) is 29.4 Å². The number of fused-ring (bicyclic) bond motifs is 1. The Labute approximate surface area is 239 Å². The second kappa shape index (κ2) is 11.0. The lowest BCUT2D eigenvalue weighted by Crippen LogP contribution is -2.47. The van der Waals surface area contributed by atoms with Gasteiger partial charge in [-0.3, -0.25) is 9.59 Å². The Balaban J connectivity index is 1.50. The SMILES string of the molecule is CC1(C)CC(=O)C2=C(C1)Nc1ccccc1N(CC(=O)N1CCOCC1)C2c1ccc(F)c(Oc2ccccc2)c1. The van der Waals surface area contributed by atoms with E-state index >= 15 is 4.39 Å². The van der Waals surface area contributed by atoms with Gasteiger partial charge in [-0.05, 0) is 53.8 Å². The highest BCUT2D eigenvalue weighted by Gasteiger charge is 2.42. The summed E-state index contributed by atoms with van der Waals surface area (Å²) in [6.45, 7) is 6.25. The number of ketones is 1. The molecule has 8 heteroatoms. The van der Waals surface area contributed by atoms with Crippen LogP contribution in [0.5, 0.6) is 11.5 Å². The van der Waals surface area contributed by atoms with Crippen molar-refractivity contribution >= 4 is 23.1 Å². The summed E-state index contributed by atoms with van der Waals surface area (Å²) in [4.78, 5) is 31.4. The molecule has 1 atom stereocenters. The molecule has 3 aromatic carbocycles. The molecular formula is C33H34FN3O4. The molecule has 6 rings (SSSR count). The Morgan fingerprint density at radius 1 is 1.02 bits per heavy atom. The van der Waals surface area contributed by atoms with Gasteiger partial charge < -0.3 is 24.6 Å². The molecule has 3 aliphatic rings. The van der Waals surface area contributed by atoms with Crippen molar-refractivity contribution in [2.75, 3.05) is 43.1 Å². The molecule has 0 aromatic heterocycles. The zero-order valence-electron chi connectivity index (χ0n) is 23.4. The third kappa shape index (κ3) is 5.57. The molecule has 1 amide bonds. The van der Waals surface area contributed by atoms with Crippen molar-refractivity contribution < 1.29 is 23.5 Å². The van der Waals surface area contributed by atoms with Gasteiger partial charge in [0.15, 0.2) is 17.3 Å². The molecule has 1 N–H and O–H groups in total. The van der Waals surface area contributed by atoms with Crippen molar-refractivity contribution in [2.45, 2.75) is 32.7 Å². The van der Waals surface area contributed by atoms with E-state index in [0.29, 0.717) is 56.0 Å². The van der Waals surface area contributed by atoms with E-state index < -0.39 is 11.9 Å². The average Bonchev–Trinajstić information content (AvgIpc) is 3.09. The van der Waals surface area contributed by atoms with Crippen LogP contribution in [0.1, 0.15) is 38.3 Å². The van der Waals surface area contributed by atoms with Gasteiger partial charge in [0.25, 0.3) is 0 Å². The van der Waals surface area contributed by atoms with E-state index in [4.69, 9.17) is 9.47 Å². The molecule has 2 aliphatic heterocycles. The maximum atomic E-state index is 15.1. The fourth-order valence-electron chi connectivity index (χ4n) is 6.02. The summed E-state index contributed by atoms with van der Waals surface area (Å²) in [5, 5.41) is 3.56. The molecule has 212 valence electrons. The molecule has 3 aromatic rings. The Kier molecular flexibility index (Phi) is 7.26. The topological polar surface area (TPSA) is 71.1 Å². The molecule has 1 saturated heterocycles. The maximum Gasteiger partial charge on any atom is 0.242 e. The lowest BCUT2D eigenvalue weighted by molar-refractivity contribution is -0.133. The summed E-state index contributed by atoms with van der Waals surface area (Å²) in [6.07, 6.45) is 1.04. The number of amides is 1. The quantitative estimate of drug-likeness (QED) is 0.411. The molecule has 0 bridgehead atoms. The highest BCUT2D eigenvalue weighted by Crippen LogP contribution is 2.48. The van der Waals surface area contributed by atoms with Crippen LogP contribution >= 0.6 is 0 Å². The molecular weight excluding hydrogens is 521 g/mol. The van der Waals surface area contributed by atoms with Crippen molar-refractivity contribution in [3.63, 3.8) is 0 Å². The summed E-state index contributed by atoms with van der Waals surface area (Å²) in [7, 11) is 0. The predicted octanol–water partition coefficient (Wildman–Crippen LogP) is 6.09. The summed E-state index contributed by atoms with van der Waals surface area (Å²) in [6, 6.07) is 20.9. The lowest BCUT2D eigenvalue weighted by atomic mass is 9.73. The second-order valence-corrected chi connectivity index (χ2v) is 11.6. The third-order valence-corrected chi connectivity index (χ3v) is 7.92. The number of Topliss-reactive ketones (excluding diaryl/α,β-unsaturated/α-hetero) is 1. The van der Waals surface area contributed by atoms with E-state index in [1.54, 1.807) is 29.2 Å². The van der Waals surface area contributed by atoms with Gasteiger partial charge in [-0.15, -0.1) is 0 Å². The molecule has 1 unspecified atom stereocenters. The number of hydrogen-bond donors (Lipinski definition) is 1. The number of benzene rings is 3. The first-order valence-electron chi connectivity index (χ1n) is 14.1. The highest BCUT2D eigenvalue weighted by molar-refractivity contribution is 6.02. The molecule has 1 aliphatic carbocycles. The average molecular weight is 556 g/mol. The first kappa shape index (κ1) is 27.0. The molecule has 0 spiro atoms. The van der Waals surface area contributed by atoms with Crippen LogP contribution in [0.15, 0.2) is 84.1 Å². The van der Waals surface area contributed by atoms with E-state index in [0.717, 1.165) is 17.1 Å². The van der Waals surface area contributed by atoms with Gasteiger partial charge >= 0.3 is 0 Å². The zero-order chi connectivity index (χ0) is 28.6. The Morgan fingerprint density at radius 3 is 2.54 bits per heavy atom. The van der Waals surface area contributed by atoms with Gasteiger partial charge in [0, 0.05) is 30.8 Å². The van der Waals surface area contributed by atoms with Crippen molar-refractivity contribution in [3.05, 3.63) is 95.4 Å². The second-order valence-electron chi connectivity index (χ2n) is 11.6. The number of carbonyl (C=O) groups is 2. The minimum absolute atomic E-state index is 0.0141. The van der Waals surface area contributed by atoms with Gasteiger partial charge in [0.1, 0.15) is 5.75 Å². The third-order valence-electron chi connectivity index (χ3n) is 7.92. The number of para-hydroxylation sites is 3. The van der Waals surface area contributed by atoms with Gasteiger partial charge in [-0.2, -0.15) is 0 Å². The Morgan fingerprint density at radius 2 is 1.76 bits per heavy atom. The largest absolute Gasteiger partial charge is 0.454 e. The van der Waals surface area contributed by atoms with Crippen molar-refractivity contribution in [1.29, 1.82) is 0 Å². The Bertz CT molecular complexity index is 1500. The van der Waals surface area contributed by atoms with Crippen molar-refractivity contribution in [1.82, 2.24) is 4.90 Å². The van der Waals surface area contributed by atoms with Gasteiger partial charge in [-0.25, -0.2) is 4.39 Å². The molecule has 0 radical (unpaired) electrons. The van der Waals surface area contributed by atoms with Crippen LogP contribution in [0.4, 0.5) is 15.8 Å². The lowest BCUT2D eigenvalue weighted by Gasteiger charge is -2.39. The standard InChI is InChI=1S/C33H34FN3O4/c1-33(2)19-26-31(28(38)20-33)32(22-12-13-24(34)29(18-22)41-23-8-4-3-5-9-23)37(27-11-7-6-10-25(27)35-26)21-30(39)36-14-16-40-17-15-36/h3-13,18,32,35H,14-17,19-21H2,1-2H3. The number of rotatable bonds is 5. The summed E-state index contributed by atoms with van der Waals surface area (Å²) in [5.74, 6) is 0.0189. The van der Waals surface area contributed by atoms with Crippen LogP contribution in [0.3, 0.4) is 0 Å². The number of morpholine rings is 1. The van der Waals surface area contributed by atoms with Crippen LogP contribution in [0.2, 0.25) is 0 Å². The van der Waals surface area contributed by atoms with Gasteiger partial charge in [0.05, 0.1) is 37.2 Å². The normalized spacial score (nSPS) is 20.1. The molecule has 1 fully saturated rings.